The van der Waals surface area contributed by atoms with Gasteiger partial charge in [-0.15, -0.1) is 0 Å². The molecule has 0 saturated carbocycles. The lowest BCUT2D eigenvalue weighted by atomic mass is 10.2. The summed E-state index contributed by atoms with van der Waals surface area (Å²) in [7, 11) is -2.36. The van der Waals surface area contributed by atoms with Crippen LogP contribution in [0.15, 0.2) is 41.6 Å². The van der Waals surface area contributed by atoms with E-state index >= 15 is 0 Å². The first-order valence-electron chi connectivity index (χ1n) is 7.10. The van der Waals surface area contributed by atoms with Crippen molar-refractivity contribution >= 4 is 15.9 Å². The smallest absolute Gasteiger partial charge is 0.264 e. The van der Waals surface area contributed by atoms with E-state index in [4.69, 9.17) is 4.74 Å². The van der Waals surface area contributed by atoms with Crippen molar-refractivity contribution in [2.45, 2.75) is 31.2 Å². The van der Waals surface area contributed by atoms with Crippen LogP contribution in [0.2, 0.25) is 0 Å². The number of hydrogen-bond acceptors (Lipinski definition) is 5. The van der Waals surface area contributed by atoms with Crippen molar-refractivity contribution in [1.82, 2.24) is 14.5 Å². The van der Waals surface area contributed by atoms with Gasteiger partial charge in [0, 0.05) is 25.4 Å². The summed E-state index contributed by atoms with van der Waals surface area (Å²) in [6, 6.07) is 6.23. The highest BCUT2D eigenvalue weighted by molar-refractivity contribution is 7.90. The fourth-order valence-corrected chi connectivity index (χ4v) is 3.21. The summed E-state index contributed by atoms with van der Waals surface area (Å²) in [6.45, 7) is 2.30. The lowest BCUT2D eigenvalue weighted by Gasteiger charge is -2.10. The van der Waals surface area contributed by atoms with E-state index in [1.807, 2.05) is 0 Å². The second kappa shape index (κ2) is 7.28. The summed E-state index contributed by atoms with van der Waals surface area (Å²) in [5.74, 6) is 0.0557. The molecule has 1 amide bonds. The minimum atomic E-state index is -3.87. The van der Waals surface area contributed by atoms with Gasteiger partial charge in [0.2, 0.25) is 5.91 Å². The van der Waals surface area contributed by atoms with Crippen LogP contribution in [0.5, 0.6) is 5.75 Å². The zero-order chi connectivity index (χ0) is 16.9. The number of nitrogens with one attached hydrogen (secondary N) is 1. The standard InChI is InChI=1S/C15H19N3O4S/c1-12-11-13(6-7-14(12)22-2)23(20,21)17-15(19)5-3-9-18-10-4-8-16-18/h4,6-8,10-11H,3,5,9H2,1-2H3,(H,17,19). The van der Waals surface area contributed by atoms with Crippen molar-refractivity contribution in [3.63, 3.8) is 0 Å². The molecule has 0 fully saturated rings. The van der Waals surface area contributed by atoms with Crippen molar-refractivity contribution in [1.29, 1.82) is 0 Å². The number of hydrogen-bond donors (Lipinski definition) is 1. The summed E-state index contributed by atoms with van der Waals surface area (Å²) in [4.78, 5) is 11.9. The lowest BCUT2D eigenvalue weighted by molar-refractivity contribution is -0.119. The molecule has 0 aliphatic rings. The molecule has 7 nitrogen and oxygen atoms in total. The number of amides is 1. The molecule has 1 aromatic heterocycles. The van der Waals surface area contributed by atoms with Crippen LogP contribution in [-0.4, -0.2) is 31.2 Å². The Kier molecular flexibility index (Phi) is 5.38. The van der Waals surface area contributed by atoms with Gasteiger partial charge in [0.15, 0.2) is 0 Å². The first-order chi connectivity index (χ1) is 10.9. The van der Waals surface area contributed by atoms with Crippen molar-refractivity contribution < 1.29 is 17.9 Å². The number of benzene rings is 1. The van der Waals surface area contributed by atoms with Gasteiger partial charge in [0.05, 0.1) is 12.0 Å². The van der Waals surface area contributed by atoms with E-state index in [2.05, 4.69) is 9.82 Å². The Labute approximate surface area is 135 Å². The molecule has 8 heteroatoms. The number of aromatic nitrogens is 2. The Balaban J connectivity index is 1.94. The third-order valence-corrected chi connectivity index (χ3v) is 4.65. The minimum Gasteiger partial charge on any atom is -0.496 e. The summed E-state index contributed by atoms with van der Waals surface area (Å²) in [6.07, 6.45) is 4.05. The van der Waals surface area contributed by atoms with Crippen LogP contribution in [0.25, 0.3) is 0 Å². The molecule has 1 N–H and O–H groups in total. The molecule has 0 aliphatic carbocycles. The van der Waals surface area contributed by atoms with Crippen LogP contribution in [-0.2, 0) is 21.4 Å². The second-order valence-electron chi connectivity index (χ2n) is 5.03. The maximum Gasteiger partial charge on any atom is 0.264 e. The van der Waals surface area contributed by atoms with Crippen molar-refractivity contribution in [3.8, 4) is 5.75 Å². The Bertz CT molecular complexity index is 770. The van der Waals surface area contributed by atoms with Gasteiger partial charge in [-0.1, -0.05) is 0 Å². The van der Waals surface area contributed by atoms with E-state index in [1.165, 1.54) is 19.2 Å². The number of carbonyl (C=O) groups is 1. The summed E-state index contributed by atoms with van der Waals surface area (Å²) in [5, 5.41) is 4.02. The molecular weight excluding hydrogens is 318 g/mol. The Morgan fingerprint density at radius 1 is 1.39 bits per heavy atom. The molecule has 0 saturated heterocycles. The van der Waals surface area contributed by atoms with Crippen molar-refractivity contribution in [2.75, 3.05) is 7.11 Å². The molecule has 0 radical (unpaired) electrons. The predicted octanol–water partition coefficient (Wildman–Crippen LogP) is 1.49. The minimum absolute atomic E-state index is 0.0382. The average molecular weight is 337 g/mol. The fraction of sp³-hybridized carbons (Fsp3) is 0.333. The summed E-state index contributed by atoms with van der Waals surface area (Å²) in [5.41, 5.74) is 0.682. The fourth-order valence-electron chi connectivity index (χ4n) is 2.11. The molecule has 0 unspecified atom stereocenters. The largest absolute Gasteiger partial charge is 0.496 e. The first-order valence-corrected chi connectivity index (χ1v) is 8.58. The van der Waals surface area contributed by atoms with E-state index in [0.717, 1.165) is 0 Å². The van der Waals surface area contributed by atoms with Gasteiger partial charge in [-0.2, -0.15) is 5.10 Å². The van der Waals surface area contributed by atoms with E-state index in [1.54, 1.807) is 36.1 Å². The highest BCUT2D eigenvalue weighted by Crippen LogP contribution is 2.21. The van der Waals surface area contributed by atoms with Crippen LogP contribution in [0.3, 0.4) is 0 Å². The number of sulfonamides is 1. The Morgan fingerprint density at radius 2 is 2.17 bits per heavy atom. The van der Waals surface area contributed by atoms with Crippen LogP contribution >= 0.6 is 0 Å². The van der Waals surface area contributed by atoms with Gasteiger partial charge in [-0.05, 0) is 43.2 Å². The van der Waals surface area contributed by atoms with Gasteiger partial charge in [-0.3, -0.25) is 9.48 Å². The molecule has 0 aliphatic heterocycles. The summed E-state index contributed by atoms with van der Waals surface area (Å²) >= 11 is 0. The number of rotatable bonds is 7. The number of methoxy groups -OCH3 is 1. The van der Waals surface area contributed by atoms with E-state index in [0.29, 0.717) is 24.3 Å². The van der Waals surface area contributed by atoms with Crippen LogP contribution in [0.4, 0.5) is 0 Å². The molecule has 1 heterocycles. The zero-order valence-corrected chi connectivity index (χ0v) is 13.8. The molecule has 1 aromatic carbocycles. The third-order valence-electron chi connectivity index (χ3n) is 3.28. The molecule has 0 spiro atoms. The highest BCUT2D eigenvalue weighted by atomic mass is 32.2. The van der Waals surface area contributed by atoms with Gasteiger partial charge in [-0.25, -0.2) is 13.1 Å². The normalized spacial score (nSPS) is 11.2. The molecule has 2 aromatic rings. The third kappa shape index (κ3) is 4.56. The summed E-state index contributed by atoms with van der Waals surface area (Å²) < 4.78 is 33.3. The molecular formula is C15H19N3O4S. The van der Waals surface area contributed by atoms with Crippen LogP contribution in [0.1, 0.15) is 18.4 Å². The van der Waals surface area contributed by atoms with Crippen molar-refractivity contribution in [2.24, 2.45) is 0 Å². The number of aryl methyl sites for hydroxylation is 2. The average Bonchev–Trinajstić information content (AvgIpc) is 3.00. The predicted molar refractivity (Wildman–Crippen MR) is 84.5 cm³/mol. The molecule has 124 valence electrons. The lowest BCUT2D eigenvalue weighted by Crippen LogP contribution is -2.30. The Hall–Kier alpha value is -2.35. The molecule has 2 rings (SSSR count). The topological polar surface area (TPSA) is 90.3 Å². The van der Waals surface area contributed by atoms with Crippen molar-refractivity contribution in [3.05, 3.63) is 42.2 Å². The number of carbonyl (C=O) groups excluding carboxylic acids is 1. The van der Waals surface area contributed by atoms with Gasteiger partial charge in [0.1, 0.15) is 5.75 Å². The molecule has 23 heavy (non-hydrogen) atoms. The molecule has 0 atom stereocenters. The Morgan fingerprint density at radius 3 is 2.78 bits per heavy atom. The van der Waals surface area contributed by atoms with Crippen LogP contribution < -0.4 is 9.46 Å². The number of nitrogens with zero attached hydrogens (tertiary/aromatic N) is 2. The van der Waals surface area contributed by atoms with Gasteiger partial charge in [0.25, 0.3) is 10.0 Å². The van der Waals surface area contributed by atoms with Crippen LogP contribution in [0, 0.1) is 6.92 Å². The SMILES string of the molecule is COc1ccc(S(=O)(=O)NC(=O)CCCn2cccn2)cc1C. The quantitative estimate of drug-likeness (QED) is 0.826. The van der Waals surface area contributed by atoms with E-state index in [9.17, 15) is 13.2 Å². The molecule has 0 bridgehead atoms. The second-order valence-corrected chi connectivity index (χ2v) is 6.72. The number of ether oxygens (including phenoxy) is 1. The maximum absolute atomic E-state index is 12.2. The zero-order valence-electron chi connectivity index (χ0n) is 13.0. The first kappa shape index (κ1) is 17.0. The maximum atomic E-state index is 12.2. The van der Waals surface area contributed by atoms with E-state index in [-0.39, 0.29) is 11.3 Å². The van der Waals surface area contributed by atoms with Gasteiger partial charge < -0.3 is 4.74 Å². The van der Waals surface area contributed by atoms with Gasteiger partial charge >= 0.3 is 0 Å². The highest BCUT2D eigenvalue weighted by Gasteiger charge is 2.18. The van der Waals surface area contributed by atoms with E-state index < -0.39 is 15.9 Å². The monoisotopic (exact) mass is 337 g/mol.